The minimum absolute atomic E-state index is 0.133. The van der Waals surface area contributed by atoms with Crippen molar-refractivity contribution < 1.29 is 17.6 Å². The molecule has 0 aliphatic carbocycles. The van der Waals surface area contributed by atoms with Crippen LogP contribution in [-0.4, -0.2) is 26.6 Å². The van der Waals surface area contributed by atoms with Crippen LogP contribution in [0.3, 0.4) is 0 Å². The number of nitrogens with zero attached hydrogens (tertiary/aromatic N) is 1. The molecule has 2 aromatic carbocycles. The lowest BCUT2D eigenvalue weighted by molar-refractivity contribution is -0.122. The summed E-state index contributed by atoms with van der Waals surface area (Å²) in [6, 6.07) is 10.1. The fourth-order valence-corrected chi connectivity index (χ4v) is 4.49. The van der Waals surface area contributed by atoms with E-state index in [-0.39, 0.29) is 18.2 Å². The molecule has 0 saturated heterocycles. The van der Waals surface area contributed by atoms with E-state index in [4.69, 9.17) is 0 Å². The Balaban J connectivity index is 2.37. The molecule has 2 aromatic rings. The molecule has 0 fully saturated rings. The van der Waals surface area contributed by atoms with Gasteiger partial charge in [0.15, 0.2) is 0 Å². The highest BCUT2D eigenvalue weighted by Crippen LogP contribution is 2.26. The average Bonchev–Trinajstić information content (AvgIpc) is 2.61. The summed E-state index contributed by atoms with van der Waals surface area (Å²) < 4.78 is 40.0. The number of hydrogen-bond acceptors (Lipinski definition) is 3. The number of benzene rings is 2. The van der Waals surface area contributed by atoms with Crippen LogP contribution in [0.5, 0.6) is 0 Å². The minimum Gasteiger partial charge on any atom is -0.348 e. The summed E-state index contributed by atoms with van der Waals surface area (Å²) in [5, 5.41) is 2.89. The molecule has 0 aliphatic rings. The van der Waals surface area contributed by atoms with Crippen LogP contribution in [0.2, 0.25) is 0 Å². The average molecular weight is 407 g/mol. The van der Waals surface area contributed by atoms with Crippen LogP contribution in [0.4, 0.5) is 10.1 Å². The molecule has 2 rings (SSSR count). The first-order valence-electron chi connectivity index (χ1n) is 9.17. The Morgan fingerprint density at radius 2 is 1.82 bits per heavy atom. The molecule has 0 radical (unpaired) electrons. The zero-order valence-electron chi connectivity index (χ0n) is 16.9. The number of hydrogen-bond donors (Lipinski definition) is 1. The van der Waals surface area contributed by atoms with E-state index in [1.54, 1.807) is 13.0 Å². The third kappa shape index (κ3) is 4.90. The van der Waals surface area contributed by atoms with E-state index in [2.05, 4.69) is 5.32 Å². The molecule has 0 spiro atoms. The van der Waals surface area contributed by atoms with Crippen LogP contribution in [0.1, 0.15) is 43.0 Å². The number of carbonyl (C=O) groups excluding carboxylic acids is 1. The number of rotatable bonds is 7. The maximum absolute atomic E-state index is 14.3. The van der Waals surface area contributed by atoms with E-state index < -0.39 is 27.8 Å². The number of aryl methyl sites for hydroxylation is 2. The highest BCUT2D eigenvalue weighted by Gasteiger charge is 2.33. The number of halogens is 1. The van der Waals surface area contributed by atoms with Crippen LogP contribution in [0, 0.1) is 19.7 Å². The predicted octanol–water partition coefficient (Wildman–Crippen LogP) is 3.86. The van der Waals surface area contributed by atoms with Crippen molar-refractivity contribution in [1.29, 1.82) is 0 Å². The van der Waals surface area contributed by atoms with Crippen molar-refractivity contribution in [2.75, 3.05) is 10.6 Å². The Labute approximate surface area is 166 Å². The van der Waals surface area contributed by atoms with Crippen LogP contribution in [-0.2, 0) is 14.8 Å². The number of anilines is 1. The maximum atomic E-state index is 14.3. The fraction of sp³-hybridized carbons (Fsp3) is 0.381. The molecule has 0 aromatic heterocycles. The van der Waals surface area contributed by atoms with E-state index in [0.29, 0.717) is 0 Å². The Hall–Kier alpha value is -2.41. The highest BCUT2D eigenvalue weighted by molar-refractivity contribution is 7.92. The minimum atomic E-state index is -3.88. The van der Waals surface area contributed by atoms with Gasteiger partial charge in [-0.1, -0.05) is 42.8 Å². The van der Waals surface area contributed by atoms with E-state index in [0.717, 1.165) is 27.3 Å². The molecule has 0 saturated carbocycles. The molecule has 7 heteroatoms. The maximum Gasteiger partial charge on any atom is 0.244 e. The van der Waals surface area contributed by atoms with Crippen LogP contribution in [0.15, 0.2) is 42.5 Å². The van der Waals surface area contributed by atoms with E-state index >= 15 is 0 Å². The third-order valence-corrected chi connectivity index (χ3v) is 5.85. The first-order chi connectivity index (χ1) is 13.1. The second-order valence-corrected chi connectivity index (χ2v) is 8.88. The van der Waals surface area contributed by atoms with E-state index in [1.165, 1.54) is 18.2 Å². The Kier molecular flexibility index (Phi) is 6.82. The molecule has 152 valence electrons. The molecular weight excluding hydrogens is 379 g/mol. The third-order valence-electron chi connectivity index (χ3n) is 4.68. The molecule has 0 heterocycles. The summed E-state index contributed by atoms with van der Waals surface area (Å²) in [5.74, 6) is -1.16. The lowest BCUT2D eigenvalue weighted by Crippen LogP contribution is -2.50. The lowest BCUT2D eigenvalue weighted by Gasteiger charge is -2.31. The number of carbonyl (C=O) groups is 1. The SMILES string of the molecule is CC[C@H](C(=O)N[C@@H](C)c1cc(C)ccc1C)N(c1ccccc1F)S(C)(=O)=O. The van der Waals surface area contributed by atoms with Gasteiger partial charge in [0.25, 0.3) is 0 Å². The van der Waals surface area contributed by atoms with Crippen LogP contribution in [0.25, 0.3) is 0 Å². The molecule has 0 bridgehead atoms. The second kappa shape index (κ2) is 8.73. The number of sulfonamides is 1. The molecular formula is C21H27FN2O3S. The molecule has 28 heavy (non-hydrogen) atoms. The Morgan fingerprint density at radius 1 is 1.18 bits per heavy atom. The summed E-state index contributed by atoms with van der Waals surface area (Å²) in [6.07, 6.45) is 1.18. The van der Waals surface area contributed by atoms with Crippen molar-refractivity contribution in [3.05, 3.63) is 65.0 Å². The number of para-hydroxylation sites is 1. The largest absolute Gasteiger partial charge is 0.348 e. The molecule has 0 unspecified atom stereocenters. The molecule has 1 N–H and O–H groups in total. The van der Waals surface area contributed by atoms with Gasteiger partial charge < -0.3 is 5.32 Å². The zero-order chi connectivity index (χ0) is 21.1. The van der Waals surface area contributed by atoms with Crippen molar-refractivity contribution in [1.82, 2.24) is 5.32 Å². The summed E-state index contributed by atoms with van der Waals surface area (Å²) in [7, 11) is -3.88. The van der Waals surface area contributed by atoms with Crippen LogP contribution < -0.4 is 9.62 Å². The van der Waals surface area contributed by atoms with Gasteiger partial charge in [-0.2, -0.15) is 0 Å². The van der Waals surface area contributed by atoms with E-state index in [1.807, 2.05) is 39.0 Å². The van der Waals surface area contributed by atoms with Gasteiger partial charge >= 0.3 is 0 Å². The summed E-state index contributed by atoms with van der Waals surface area (Å²) in [5.41, 5.74) is 2.92. The van der Waals surface area contributed by atoms with E-state index in [9.17, 15) is 17.6 Å². The first-order valence-corrected chi connectivity index (χ1v) is 11.0. The highest BCUT2D eigenvalue weighted by atomic mass is 32.2. The lowest BCUT2D eigenvalue weighted by atomic mass is 9.99. The normalized spacial score (nSPS) is 13.6. The van der Waals surface area contributed by atoms with Gasteiger partial charge in [-0.3, -0.25) is 9.10 Å². The molecule has 5 nitrogen and oxygen atoms in total. The fourth-order valence-electron chi connectivity index (χ4n) is 3.28. The summed E-state index contributed by atoms with van der Waals surface area (Å²) in [6.45, 7) is 7.47. The van der Waals surface area contributed by atoms with Crippen molar-refractivity contribution in [3.8, 4) is 0 Å². The number of amides is 1. The first kappa shape index (κ1) is 21.9. The Morgan fingerprint density at radius 3 is 2.39 bits per heavy atom. The van der Waals surface area contributed by atoms with Crippen molar-refractivity contribution in [2.45, 2.75) is 46.2 Å². The predicted molar refractivity (Wildman–Crippen MR) is 110 cm³/mol. The number of nitrogens with one attached hydrogen (secondary N) is 1. The monoisotopic (exact) mass is 406 g/mol. The summed E-state index contributed by atoms with van der Waals surface area (Å²) >= 11 is 0. The van der Waals surface area contributed by atoms with Gasteiger partial charge in [-0.05, 0) is 50.5 Å². The van der Waals surface area contributed by atoms with Gasteiger partial charge in [0.2, 0.25) is 15.9 Å². The van der Waals surface area contributed by atoms with Gasteiger partial charge in [-0.25, -0.2) is 12.8 Å². The Bertz CT molecular complexity index is 960. The van der Waals surface area contributed by atoms with Gasteiger partial charge in [0, 0.05) is 0 Å². The molecule has 1 amide bonds. The van der Waals surface area contributed by atoms with Crippen LogP contribution >= 0.6 is 0 Å². The smallest absolute Gasteiger partial charge is 0.244 e. The molecule has 0 aliphatic heterocycles. The summed E-state index contributed by atoms with van der Waals surface area (Å²) in [4.78, 5) is 13.0. The van der Waals surface area contributed by atoms with Crippen molar-refractivity contribution in [2.24, 2.45) is 0 Å². The molecule has 2 atom stereocenters. The standard InChI is InChI=1S/C21H27FN2O3S/c1-6-19(24(28(5,26)27)20-10-8-7-9-18(20)22)21(25)23-16(4)17-13-14(2)11-12-15(17)3/h7-13,16,19H,6H2,1-5H3,(H,23,25)/t16-,19+/m0/s1. The van der Waals surface area contributed by atoms with Gasteiger partial charge in [-0.15, -0.1) is 0 Å². The quantitative estimate of drug-likeness (QED) is 0.759. The topological polar surface area (TPSA) is 66.5 Å². The van der Waals surface area contributed by atoms with Crippen molar-refractivity contribution in [3.63, 3.8) is 0 Å². The van der Waals surface area contributed by atoms with Gasteiger partial charge in [0.1, 0.15) is 11.9 Å². The van der Waals surface area contributed by atoms with Gasteiger partial charge in [0.05, 0.1) is 18.0 Å². The zero-order valence-corrected chi connectivity index (χ0v) is 17.7. The second-order valence-electron chi connectivity index (χ2n) is 7.02. The van der Waals surface area contributed by atoms with Crippen molar-refractivity contribution >= 4 is 21.6 Å².